The molecule has 1 unspecified atom stereocenters. The van der Waals surface area contributed by atoms with Crippen LogP contribution in [0.3, 0.4) is 0 Å². The van der Waals surface area contributed by atoms with Crippen molar-refractivity contribution in [2.45, 2.75) is 31.2 Å². The molecular weight excluding hydrogens is 290 g/mol. The molecule has 0 aromatic heterocycles. The predicted molar refractivity (Wildman–Crippen MR) is 81.6 cm³/mol. The minimum Gasteiger partial charge on any atom is -0.384 e. The van der Waals surface area contributed by atoms with Crippen molar-refractivity contribution in [3.63, 3.8) is 0 Å². The SMILES string of the molecule is CCCNc1ccccc1S(=O)(=O)N1CCNC(=O)C1C. The third kappa shape index (κ3) is 3.19. The summed E-state index contributed by atoms with van der Waals surface area (Å²) in [5.41, 5.74) is 0.581. The van der Waals surface area contributed by atoms with Crippen LogP contribution in [0.5, 0.6) is 0 Å². The fourth-order valence-electron chi connectivity index (χ4n) is 2.31. The molecule has 1 fully saturated rings. The molecule has 1 saturated heterocycles. The molecule has 7 heteroatoms. The van der Waals surface area contributed by atoms with Gasteiger partial charge in [0.1, 0.15) is 10.9 Å². The van der Waals surface area contributed by atoms with Crippen molar-refractivity contribution in [1.82, 2.24) is 9.62 Å². The summed E-state index contributed by atoms with van der Waals surface area (Å²) in [6.45, 7) is 4.95. The highest BCUT2D eigenvalue weighted by Gasteiger charge is 2.36. The lowest BCUT2D eigenvalue weighted by atomic mass is 10.2. The second kappa shape index (κ2) is 6.44. The summed E-state index contributed by atoms with van der Waals surface area (Å²) in [5, 5.41) is 5.80. The van der Waals surface area contributed by atoms with Crippen LogP contribution in [-0.2, 0) is 14.8 Å². The van der Waals surface area contributed by atoms with Crippen LogP contribution in [-0.4, -0.2) is 44.3 Å². The molecule has 6 nitrogen and oxygen atoms in total. The summed E-state index contributed by atoms with van der Waals surface area (Å²) in [5.74, 6) is -0.260. The number of carbonyl (C=O) groups excluding carboxylic acids is 1. The summed E-state index contributed by atoms with van der Waals surface area (Å²) in [7, 11) is -3.70. The Morgan fingerprint density at radius 2 is 2.10 bits per heavy atom. The molecule has 1 heterocycles. The molecule has 0 bridgehead atoms. The third-order valence-corrected chi connectivity index (χ3v) is 5.51. The van der Waals surface area contributed by atoms with Crippen LogP contribution in [0.15, 0.2) is 29.2 Å². The maximum Gasteiger partial charge on any atom is 0.245 e. The van der Waals surface area contributed by atoms with Gasteiger partial charge >= 0.3 is 0 Å². The van der Waals surface area contributed by atoms with Gasteiger partial charge in [-0.25, -0.2) is 8.42 Å². The highest BCUT2D eigenvalue weighted by atomic mass is 32.2. The Morgan fingerprint density at radius 1 is 1.38 bits per heavy atom. The zero-order chi connectivity index (χ0) is 15.5. The number of sulfonamides is 1. The molecule has 2 rings (SSSR count). The lowest BCUT2D eigenvalue weighted by molar-refractivity contribution is -0.126. The summed E-state index contributed by atoms with van der Waals surface area (Å²) >= 11 is 0. The quantitative estimate of drug-likeness (QED) is 0.851. The average Bonchev–Trinajstić information content (AvgIpc) is 2.48. The molecule has 21 heavy (non-hydrogen) atoms. The fourth-order valence-corrected chi connectivity index (χ4v) is 4.08. The number of nitrogens with one attached hydrogen (secondary N) is 2. The van der Waals surface area contributed by atoms with E-state index < -0.39 is 16.1 Å². The number of amides is 1. The van der Waals surface area contributed by atoms with Gasteiger partial charge in [0.15, 0.2) is 0 Å². The fraction of sp³-hybridized carbons (Fsp3) is 0.500. The summed E-state index contributed by atoms with van der Waals surface area (Å²) in [4.78, 5) is 11.9. The molecule has 116 valence electrons. The number of para-hydroxylation sites is 1. The number of benzene rings is 1. The minimum atomic E-state index is -3.70. The maximum atomic E-state index is 12.8. The van der Waals surface area contributed by atoms with Crippen LogP contribution < -0.4 is 10.6 Å². The smallest absolute Gasteiger partial charge is 0.245 e. The molecule has 1 amide bonds. The van der Waals surface area contributed by atoms with Gasteiger partial charge in [-0.2, -0.15) is 4.31 Å². The summed E-state index contributed by atoms with van der Waals surface area (Å²) in [6, 6.07) is 6.12. The van der Waals surface area contributed by atoms with Gasteiger partial charge in [0.05, 0.1) is 5.69 Å². The number of carbonyl (C=O) groups is 1. The van der Waals surface area contributed by atoms with Gasteiger partial charge in [-0.1, -0.05) is 19.1 Å². The van der Waals surface area contributed by atoms with Crippen LogP contribution in [0, 0.1) is 0 Å². The average molecular weight is 311 g/mol. The highest BCUT2D eigenvalue weighted by Crippen LogP contribution is 2.26. The number of anilines is 1. The Balaban J connectivity index is 2.37. The van der Waals surface area contributed by atoms with Gasteiger partial charge in [-0.15, -0.1) is 0 Å². The van der Waals surface area contributed by atoms with E-state index in [-0.39, 0.29) is 17.3 Å². The van der Waals surface area contributed by atoms with Crippen LogP contribution in [0.2, 0.25) is 0 Å². The first kappa shape index (κ1) is 15.8. The molecular formula is C14H21N3O3S. The minimum absolute atomic E-state index is 0.222. The van der Waals surface area contributed by atoms with E-state index in [2.05, 4.69) is 10.6 Å². The number of nitrogens with zero attached hydrogens (tertiary/aromatic N) is 1. The van der Waals surface area contributed by atoms with Crippen LogP contribution in [0.4, 0.5) is 5.69 Å². The number of piperazine rings is 1. The van der Waals surface area contributed by atoms with Crippen molar-refractivity contribution in [2.75, 3.05) is 25.0 Å². The molecule has 0 spiro atoms. The zero-order valence-electron chi connectivity index (χ0n) is 12.3. The monoisotopic (exact) mass is 311 g/mol. The van der Waals surface area contributed by atoms with Gasteiger partial charge in [0, 0.05) is 19.6 Å². The first-order valence-corrected chi connectivity index (χ1v) is 8.55. The van der Waals surface area contributed by atoms with Crippen molar-refractivity contribution >= 4 is 21.6 Å². The van der Waals surface area contributed by atoms with E-state index in [9.17, 15) is 13.2 Å². The first-order chi connectivity index (χ1) is 9.98. The third-order valence-electron chi connectivity index (χ3n) is 3.48. The summed E-state index contributed by atoms with van der Waals surface area (Å²) < 4.78 is 26.9. The second-order valence-corrected chi connectivity index (χ2v) is 6.86. The first-order valence-electron chi connectivity index (χ1n) is 7.11. The molecule has 1 aromatic rings. The van der Waals surface area contributed by atoms with Gasteiger partial charge in [0.2, 0.25) is 15.9 Å². The van der Waals surface area contributed by atoms with Gasteiger partial charge in [-0.05, 0) is 25.5 Å². The van der Waals surface area contributed by atoms with Crippen molar-refractivity contribution in [3.05, 3.63) is 24.3 Å². The van der Waals surface area contributed by atoms with Crippen LogP contribution >= 0.6 is 0 Å². The second-order valence-electron chi connectivity index (χ2n) is 5.01. The van der Waals surface area contributed by atoms with E-state index in [1.807, 2.05) is 6.92 Å². The van der Waals surface area contributed by atoms with E-state index in [4.69, 9.17) is 0 Å². The number of hydrogen-bond donors (Lipinski definition) is 2. The normalized spacial score (nSPS) is 20.1. The Bertz CT molecular complexity index is 616. The van der Waals surface area contributed by atoms with Crippen LogP contribution in [0.1, 0.15) is 20.3 Å². The van der Waals surface area contributed by atoms with Crippen molar-refractivity contribution in [2.24, 2.45) is 0 Å². The topological polar surface area (TPSA) is 78.5 Å². The van der Waals surface area contributed by atoms with E-state index in [1.165, 1.54) is 4.31 Å². The van der Waals surface area contributed by atoms with Crippen LogP contribution in [0.25, 0.3) is 0 Å². The van der Waals surface area contributed by atoms with Crippen molar-refractivity contribution < 1.29 is 13.2 Å². The highest BCUT2D eigenvalue weighted by molar-refractivity contribution is 7.89. The predicted octanol–water partition coefficient (Wildman–Crippen LogP) is 1.02. The van der Waals surface area contributed by atoms with E-state index in [0.717, 1.165) is 6.42 Å². The standard InChI is InChI=1S/C14H21N3O3S/c1-3-8-15-12-6-4-5-7-13(12)21(19,20)17-10-9-16-14(18)11(17)2/h4-7,11,15H,3,8-10H2,1-2H3,(H,16,18). The Morgan fingerprint density at radius 3 is 2.81 bits per heavy atom. The maximum absolute atomic E-state index is 12.8. The zero-order valence-corrected chi connectivity index (χ0v) is 13.1. The van der Waals surface area contributed by atoms with Gasteiger partial charge < -0.3 is 10.6 Å². The van der Waals surface area contributed by atoms with Crippen molar-refractivity contribution in [1.29, 1.82) is 0 Å². The Kier molecular flexibility index (Phi) is 4.84. The largest absolute Gasteiger partial charge is 0.384 e. The lowest BCUT2D eigenvalue weighted by Gasteiger charge is -2.32. The number of hydrogen-bond acceptors (Lipinski definition) is 4. The van der Waals surface area contributed by atoms with Gasteiger partial charge in [-0.3, -0.25) is 4.79 Å². The molecule has 0 saturated carbocycles. The molecule has 0 radical (unpaired) electrons. The van der Waals surface area contributed by atoms with E-state index in [1.54, 1.807) is 31.2 Å². The Hall–Kier alpha value is -1.60. The van der Waals surface area contributed by atoms with Gasteiger partial charge in [0.25, 0.3) is 0 Å². The molecule has 1 atom stereocenters. The summed E-state index contributed by atoms with van der Waals surface area (Å²) in [6.07, 6.45) is 0.900. The van der Waals surface area contributed by atoms with Crippen molar-refractivity contribution in [3.8, 4) is 0 Å². The molecule has 1 aliphatic rings. The molecule has 0 aliphatic carbocycles. The molecule has 1 aromatic carbocycles. The van der Waals surface area contributed by atoms with E-state index in [0.29, 0.717) is 18.8 Å². The lowest BCUT2D eigenvalue weighted by Crippen LogP contribution is -2.55. The molecule has 1 aliphatic heterocycles. The van der Waals surface area contributed by atoms with E-state index >= 15 is 0 Å². The molecule has 2 N–H and O–H groups in total. The Labute approximate surface area is 125 Å². The number of rotatable bonds is 5.